The monoisotopic (exact) mass is 329 g/mol. The van der Waals surface area contributed by atoms with Crippen molar-refractivity contribution in [3.05, 3.63) is 65.0 Å². The van der Waals surface area contributed by atoms with Gasteiger partial charge in [0.25, 0.3) is 5.91 Å². The van der Waals surface area contributed by atoms with Gasteiger partial charge in [-0.1, -0.05) is 19.9 Å². The molecular weight excluding hydrogens is 312 g/mol. The van der Waals surface area contributed by atoms with Gasteiger partial charge in [-0.2, -0.15) is 5.26 Å². The molecule has 1 N–H and O–H groups in total. The molecule has 4 nitrogen and oxygen atoms in total. The standard InChI is InChI=1S/C18H17F2N3O/c1-11(2)14(13-4-3-5-22-9-13)10-23-18(24)17-15(19)6-12(8-21)7-16(17)20/h3-7,9,11,14H,10H2,1-2H3,(H,23,24)/t14-/m0/s1. The van der Waals surface area contributed by atoms with Gasteiger partial charge < -0.3 is 5.32 Å². The van der Waals surface area contributed by atoms with Gasteiger partial charge in [-0.25, -0.2) is 8.78 Å². The van der Waals surface area contributed by atoms with Gasteiger partial charge in [0.05, 0.1) is 11.6 Å². The first kappa shape index (κ1) is 17.5. The molecular formula is C18H17F2N3O. The van der Waals surface area contributed by atoms with Crippen molar-refractivity contribution in [1.29, 1.82) is 5.26 Å². The average molecular weight is 329 g/mol. The number of amides is 1. The van der Waals surface area contributed by atoms with Crippen molar-refractivity contribution in [3.8, 4) is 6.07 Å². The molecule has 0 spiro atoms. The molecule has 1 atom stereocenters. The maximum absolute atomic E-state index is 13.9. The number of benzene rings is 1. The van der Waals surface area contributed by atoms with E-state index >= 15 is 0 Å². The smallest absolute Gasteiger partial charge is 0.257 e. The van der Waals surface area contributed by atoms with Crippen LogP contribution in [0.15, 0.2) is 36.7 Å². The van der Waals surface area contributed by atoms with Gasteiger partial charge in [-0.15, -0.1) is 0 Å². The predicted molar refractivity (Wildman–Crippen MR) is 85.2 cm³/mol. The first-order chi connectivity index (χ1) is 11.4. The van der Waals surface area contributed by atoms with E-state index in [4.69, 9.17) is 5.26 Å². The van der Waals surface area contributed by atoms with E-state index in [-0.39, 0.29) is 23.9 Å². The van der Waals surface area contributed by atoms with Crippen molar-refractivity contribution < 1.29 is 13.6 Å². The Morgan fingerprint density at radius 2 is 2.00 bits per heavy atom. The molecule has 1 heterocycles. The van der Waals surface area contributed by atoms with Crippen LogP contribution in [-0.2, 0) is 0 Å². The zero-order chi connectivity index (χ0) is 17.7. The lowest BCUT2D eigenvalue weighted by atomic mass is 9.89. The first-order valence-corrected chi connectivity index (χ1v) is 7.51. The Morgan fingerprint density at radius 1 is 1.33 bits per heavy atom. The Labute approximate surface area is 139 Å². The third-order valence-corrected chi connectivity index (χ3v) is 3.80. The third kappa shape index (κ3) is 3.93. The van der Waals surface area contributed by atoms with Crippen LogP contribution in [0, 0.1) is 28.9 Å². The van der Waals surface area contributed by atoms with Gasteiger partial charge in [0.2, 0.25) is 0 Å². The van der Waals surface area contributed by atoms with Crippen LogP contribution in [0.5, 0.6) is 0 Å². The SMILES string of the molecule is CC(C)[C@H](CNC(=O)c1c(F)cc(C#N)cc1F)c1cccnc1. The van der Waals surface area contributed by atoms with Crippen LogP contribution in [0.4, 0.5) is 8.78 Å². The summed E-state index contributed by atoms with van der Waals surface area (Å²) in [7, 11) is 0. The van der Waals surface area contributed by atoms with Crippen molar-refractivity contribution >= 4 is 5.91 Å². The highest BCUT2D eigenvalue weighted by Gasteiger charge is 2.22. The van der Waals surface area contributed by atoms with Gasteiger partial charge in [0.1, 0.15) is 17.2 Å². The minimum atomic E-state index is -1.05. The molecule has 1 amide bonds. The molecule has 0 bridgehead atoms. The fraction of sp³-hybridized carbons (Fsp3) is 0.278. The Balaban J connectivity index is 2.17. The van der Waals surface area contributed by atoms with Crippen molar-refractivity contribution in [1.82, 2.24) is 10.3 Å². The quantitative estimate of drug-likeness (QED) is 0.914. The summed E-state index contributed by atoms with van der Waals surface area (Å²) < 4.78 is 27.8. The molecule has 24 heavy (non-hydrogen) atoms. The highest BCUT2D eigenvalue weighted by molar-refractivity contribution is 5.94. The molecule has 0 unspecified atom stereocenters. The number of nitriles is 1. The molecule has 1 aromatic carbocycles. The van der Waals surface area contributed by atoms with E-state index in [9.17, 15) is 13.6 Å². The molecule has 6 heteroatoms. The molecule has 2 aromatic rings. The molecule has 1 aromatic heterocycles. The predicted octanol–water partition coefficient (Wildman–Crippen LogP) is 3.40. The summed E-state index contributed by atoms with van der Waals surface area (Å²) in [6, 6.07) is 7.03. The van der Waals surface area contributed by atoms with Gasteiger partial charge in [0, 0.05) is 24.9 Å². The summed E-state index contributed by atoms with van der Waals surface area (Å²) in [5.74, 6) is -2.78. The largest absolute Gasteiger partial charge is 0.351 e. The van der Waals surface area contributed by atoms with E-state index in [1.165, 1.54) is 0 Å². The van der Waals surface area contributed by atoms with Gasteiger partial charge >= 0.3 is 0 Å². The lowest BCUT2D eigenvalue weighted by Crippen LogP contribution is -2.31. The molecule has 0 saturated heterocycles. The number of hydrogen-bond donors (Lipinski definition) is 1. The van der Waals surface area contributed by atoms with Crippen molar-refractivity contribution in [2.75, 3.05) is 6.54 Å². The number of halogens is 2. The van der Waals surface area contributed by atoms with E-state index in [1.54, 1.807) is 24.5 Å². The van der Waals surface area contributed by atoms with Crippen molar-refractivity contribution in [2.24, 2.45) is 5.92 Å². The summed E-state index contributed by atoms with van der Waals surface area (Å²) in [4.78, 5) is 16.2. The second-order valence-corrected chi connectivity index (χ2v) is 5.77. The van der Waals surface area contributed by atoms with Gasteiger partial charge in [-0.3, -0.25) is 9.78 Å². The zero-order valence-electron chi connectivity index (χ0n) is 13.4. The second kappa shape index (κ2) is 7.64. The minimum Gasteiger partial charge on any atom is -0.351 e. The lowest BCUT2D eigenvalue weighted by molar-refractivity contribution is 0.0940. The number of rotatable bonds is 5. The van der Waals surface area contributed by atoms with Crippen LogP contribution >= 0.6 is 0 Å². The number of nitrogens with zero attached hydrogens (tertiary/aromatic N) is 2. The van der Waals surface area contributed by atoms with Gasteiger partial charge in [0.15, 0.2) is 0 Å². The molecule has 124 valence electrons. The fourth-order valence-electron chi connectivity index (χ4n) is 2.48. The number of nitrogens with one attached hydrogen (secondary N) is 1. The molecule has 0 aliphatic carbocycles. The molecule has 0 fully saturated rings. The third-order valence-electron chi connectivity index (χ3n) is 3.80. The minimum absolute atomic E-state index is 0.0350. The fourth-order valence-corrected chi connectivity index (χ4v) is 2.48. The van der Waals surface area contributed by atoms with Crippen LogP contribution in [0.1, 0.15) is 41.3 Å². The van der Waals surface area contributed by atoms with Crippen LogP contribution in [0.25, 0.3) is 0 Å². The van der Waals surface area contributed by atoms with Gasteiger partial charge in [-0.05, 0) is 29.7 Å². The van der Waals surface area contributed by atoms with E-state index in [0.29, 0.717) is 0 Å². The lowest BCUT2D eigenvalue weighted by Gasteiger charge is -2.21. The van der Waals surface area contributed by atoms with Crippen molar-refractivity contribution in [3.63, 3.8) is 0 Å². The Hall–Kier alpha value is -2.81. The molecule has 2 rings (SSSR count). The van der Waals surface area contributed by atoms with E-state index in [1.807, 2.05) is 19.9 Å². The Bertz CT molecular complexity index is 747. The van der Waals surface area contributed by atoms with E-state index < -0.39 is 23.1 Å². The molecule has 0 aliphatic rings. The highest BCUT2D eigenvalue weighted by atomic mass is 19.1. The number of carbonyl (C=O) groups is 1. The first-order valence-electron chi connectivity index (χ1n) is 7.51. The highest BCUT2D eigenvalue weighted by Crippen LogP contribution is 2.23. The Kier molecular flexibility index (Phi) is 5.59. The normalized spacial score (nSPS) is 11.8. The molecule has 0 radical (unpaired) electrons. The summed E-state index contributed by atoms with van der Waals surface area (Å²) in [5.41, 5.74) is 0.0910. The van der Waals surface area contributed by atoms with E-state index in [2.05, 4.69) is 10.3 Å². The number of pyridine rings is 1. The van der Waals surface area contributed by atoms with Crippen LogP contribution in [0.3, 0.4) is 0 Å². The van der Waals surface area contributed by atoms with Crippen LogP contribution < -0.4 is 5.32 Å². The summed E-state index contributed by atoms with van der Waals surface area (Å²) in [5, 5.41) is 11.3. The van der Waals surface area contributed by atoms with Crippen molar-refractivity contribution in [2.45, 2.75) is 19.8 Å². The average Bonchev–Trinajstić information content (AvgIpc) is 2.55. The maximum Gasteiger partial charge on any atom is 0.257 e. The summed E-state index contributed by atoms with van der Waals surface area (Å²) in [6.45, 7) is 4.21. The summed E-state index contributed by atoms with van der Waals surface area (Å²) >= 11 is 0. The number of hydrogen-bond acceptors (Lipinski definition) is 3. The zero-order valence-corrected chi connectivity index (χ0v) is 13.4. The molecule has 0 aliphatic heterocycles. The topological polar surface area (TPSA) is 65.8 Å². The second-order valence-electron chi connectivity index (χ2n) is 5.77. The van der Waals surface area contributed by atoms with Crippen LogP contribution in [-0.4, -0.2) is 17.4 Å². The van der Waals surface area contributed by atoms with Crippen LogP contribution in [0.2, 0.25) is 0 Å². The number of aromatic nitrogens is 1. The summed E-state index contributed by atoms with van der Waals surface area (Å²) in [6.07, 6.45) is 3.36. The van der Waals surface area contributed by atoms with E-state index in [0.717, 1.165) is 17.7 Å². The molecule has 0 saturated carbocycles. The Morgan fingerprint density at radius 3 is 2.50 bits per heavy atom. The maximum atomic E-state index is 13.9. The number of carbonyl (C=O) groups excluding carboxylic acids is 1.